The van der Waals surface area contributed by atoms with Gasteiger partial charge in [0.05, 0.1) is 32.6 Å². The van der Waals surface area contributed by atoms with Gasteiger partial charge in [-0.05, 0) is 32.9 Å². The third kappa shape index (κ3) is 4.91. The first-order valence-corrected chi connectivity index (χ1v) is 9.17. The van der Waals surface area contributed by atoms with E-state index in [0.717, 1.165) is 4.31 Å². The van der Waals surface area contributed by atoms with Crippen LogP contribution in [0.15, 0.2) is 12.1 Å². The largest absolute Gasteiger partial charge is 0.462 e. The molecule has 0 bridgehead atoms. The van der Waals surface area contributed by atoms with Crippen molar-refractivity contribution in [1.82, 2.24) is 0 Å². The molecule has 1 rings (SSSR count). The molecule has 9 heteroatoms. The average Bonchev–Trinajstić information content (AvgIpc) is 2.39. The van der Waals surface area contributed by atoms with E-state index < -0.39 is 22.5 Å². The number of esters is 1. The van der Waals surface area contributed by atoms with Gasteiger partial charge in [0, 0.05) is 0 Å². The topological polar surface area (TPSA) is 63.7 Å². The van der Waals surface area contributed by atoms with Gasteiger partial charge in [0.1, 0.15) is 6.54 Å². The predicted octanol–water partition coefficient (Wildman–Crippen LogP) is 3.75. The molecule has 22 heavy (non-hydrogen) atoms. The first-order valence-electron chi connectivity index (χ1n) is 6.43. The monoisotopic (exact) mass is 387 g/mol. The van der Waals surface area contributed by atoms with Gasteiger partial charge in [0.25, 0.3) is 0 Å². The van der Waals surface area contributed by atoms with Crippen LogP contribution >= 0.6 is 34.8 Å². The van der Waals surface area contributed by atoms with E-state index >= 15 is 0 Å². The molecule has 0 aromatic heterocycles. The van der Waals surface area contributed by atoms with Gasteiger partial charge in [-0.15, -0.1) is 0 Å². The molecule has 0 aliphatic heterocycles. The van der Waals surface area contributed by atoms with Crippen molar-refractivity contribution >= 4 is 56.5 Å². The molecule has 1 aromatic rings. The lowest BCUT2D eigenvalue weighted by Gasteiger charge is -2.24. The highest BCUT2D eigenvalue weighted by molar-refractivity contribution is 7.92. The molecule has 0 N–H and O–H groups in total. The summed E-state index contributed by atoms with van der Waals surface area (Å²) in [5.41, 5.74) is 0.0821. The van der Waals surface area contributed by atoms with E-state index in [0.29, 0.717) is 0 Å². The highest BCUT2D eigenvalue weighted by Crippen LogP contribution is 2.35. The Balaban J connectivity index is 3.28. The number of rotatable bonds is 6. The minimum atomic E-state index is -3.75. The Hall–Kier alpha value is -0.690. The molecule has 0 fully saturated rings. The lowest BCUT2D eigenvalue weighted by Crippen LogP contribution is -2.38. The summed E-state index contributed by atoms with van der Waals surface area (Å²) in [6, 6.07) is 2.63. The molecule has 0 aliphatic carbocycles. The third-order valence-electron chi connectivity index (χ3n) is 2.60. The van der Waals surface area contributed by atoms with Crippen LogP contribution in [0.5, 0.6) is 0 Å². The van der Waals surface area contributed by atoms with Crippen molar-refractivity contribution < 1.29 is 17.9 Å². The Labute approximate surface area is 145 Å². The van der Waals surface area contributed by atoms with Gasteiger partial charge in [-0.25, -0.2) is 8.42 Å². The molecule has 0 spiro atoms. The minimum absolute atomic E-state index is 0.0729. The zero-order valence-electron chi connectivity index (χ0n) is 12.3. The molecule has 124 valence electrons. The lowest BCUT2D eigenvalue weighted by atomic mass is 10.3. The van der Waals surface area contributed by atoms with Crippen LogP contribution in [-0.4, -0.2) is 32.8 Å². The number of ether oxygens (including phenoxy) is 1. The molecule has 0 unspecified atom stereocenters. The summed E-state index contributed by atoms with van der Waals surface area (Å²) in [7, 11) is -3.75. The Bertz CT molecular complexity index is 661. The molecule has 0 heterocycles. The van der Waals surface area contributed by atoms with E-state index in [1.54, 1.807) is 13.8 Å². The second-order valence-corrected chi connectivity index (χ2v) is 8.07. The molecule has 0 radical (unpaired) electrons. The zero-order valence-corrected chi connectivity index (χ0v) is 15.4. The number of benzene rings is 1. The van der Waals surface area contributed by atoms with Crippen molar-refractivity contribution in [1.29, 1.82) is 0 Å². The molecular formula is C13H16Cl3NO4S. The van der Waals surface area contributed by atoms with Gasteiger partial charge < -0.3 is 4.74 Å². The number of hydrogen-bond donors (Lipinski definition) is 0. The lowest BCUT2D eigenvalue weighted by molar-refractivity contribution is -0.145. The van der Waals surface area contributed by atoms with E-state index in [4.69, 9.17) is 39.5 Å². The van der Waals surface area contributed by atoms with Crippen LogP contribution in [0.3, 0.4) is 0 Å². The molecule has 0 amide bonds. The smallest absolute Gasteiger partial charge is 0.327 e. The van der Waals surface area contributed by atoms with Crippen LogP contribution in [0, 0.1) is 0 Å². The van der Waals surface area contributed by atoms with E-state index in [1.807, 2.05) is 0 Å². The zero-order chi connectivity index (χ0) is 17.1. The predicted molar refractivity (Wildman–Crippen MR) is 89.5 cm³/mol. The summed E-state index contributed by atoms with van der Waals surface area (Å²) in [6.07, 6.45) is -0.358. The van der Waals surface area contributed by atoms with Gasteiger partial charge in [0.2, 0.25) is 10.0 Å². The second-order valence-electron chi connectivity index (χ2n) is 4.66. The van der Waals surface area contributed by atoms with Crippen molar-refractivity contribution in [3.63, 3.8) is 0 Å². The van der Waals surface area contributed by atoms with Crippen LogP contribution < -0.4 is 4.31 Å². The molecule has 0 saturated heterocycles. The normalized spacial score (nSPS) is 11.6. The molecule has 1 aromatic carbocycles. The van der Waals surface area contributed by atoms with Crippen molar-refractivity contribution in [3.05, 3.63) is 27.2 Å². The van der Waals surface area contributed by atoms with Gasteiger partial charge in [0.15, 0.2) is 0 Å². The van der Waals surface area contributed by atoms with Gasteiger partial charge in [-0.1, -0.05) is 34.8 Å². The number of hydrogen-bond acceptors (Lipinski definition) is 4. The maximum absolute atomic E-state index is 12.3. The molecule has 0 atom stereocenters. The fourth-order valence-corrected chi connectivity index (χ4v) is 3.37. The van der Waals surface area contributed by atoms with Crippen LogP contribution in [0.2, 0.25) is 15.1 Å². The summed E-state index contributed by atoms with van der Waals surface area (Å²) < 4.78 is 30.4. The first kappa shape index (κ1) is 19.4. The Morgan fingerprint density at radius 1 is 1.18 bits per heavy atom. The fourth-order valence-electron chi connectivity index (χ4n) is 1.61. The third-order valence-corrected chi connectivity index (χ3v) is 5.35. The van der Waals surface area contributed by atoms with Crippen molar-refractivity contribution in [2.45, 2.75) is 26.9 Å². The summed E-state index contributed by atoms with van der Waals surface area (Å²) in [5, 5.41) is 0.396. The minimum Gasteiger partial charge on any atom is -0.462 e. The number of halogens is 3. The number of sulfonamides is 1. The first-order chi connectivity index (χ1) is 10.1. The highest BCUT2D eigenvalue weighted by Gasteiger charge is 2.27. The fraction of sp³-hybridized carbons (Fsp3) is 0.462. The maximum Gasteiger partial charge on any atom is 0.327 e. The Morgan fingerprint density at radius 2 is 1.73 bits per heavy atom. The molecule has 0 saturated carbocycles. The van der Waals surface area contributed by atoms with Gasteiger partial charge >= 0.3 is 5.97 Å². The second kappa shape index (κ2) is 7.73. The van der Waals surface area contributed by atoms with Crippen LogP contribution in [0.4, 0.5) is 5.69 Å². The highest BCUT2D eigenvalue weighted by atomic mass is 35.5. The van der Waals surface area contributed by atoms with Crippen LogP contribution in [-0.2, 0) is 19.6 Å². The Morgan fingerprint density at radius 3 is 2.23 bits per heavy atom. The van der Waals surface area contributed by atoms with Crippen molar-refractivity contribution in [3.8, 4) is 0 Å². The van der Waals surface area contributed by atoms with E-state index in [1.165, 1.54) is 19.1 Å². The van der Waals surface area contributed by atoms with E-state index in [9.17, 15) is 13.2 Å². The number of anilines is 1. The van der Waals surface area contributed by atoms with E-state index in [-0.39, 0.29) is 32.6 Å². The summed E-state index contributed by atoms with van der Waals surface area (Å²) in [5.74, 6) is -0.896. The van der Waals surface area contributed by atoms with E-state index in [2.05, 4.69) is 0 Å². The number of carbonyl (C=O) groups excluding carboxylic acids is 1. The Kier molecular flexibility index (Phi) is 6.80. The van der Waals surface area contributed by atoms with Crippen molar-refractivity contribution in [2.75, 3.05) is 16.6 Å². The number of nitrogens with zero attached hydrogens (tertiary/aromatic N) is 1. The number of carbonyl (C=O) groups is 1. The van der Waals surface area contributed by atoms with Gasteiger partial charge in [-0.2, -0.15) is 0 Å². The van der Waals surface area contributed by atoms with Crippen molar-refractivity contribution in [2.24, 2.45) is 0 Å². The maximum atomic E-state index is 12.3. The summed E-state index contributed by atoms with van der Waals surface area (Å²) >= 11 is 17.8. The van der Waals surface area contributed by atoms with Gasteiger partial charge in [-0.3, -0.25) is 9.10 Å². The molecule has 5 nitrogen and oxygen atoms in total. The standard InChI is InChI=1S/C13H16Cl3NO4S/c1-4-22(19,20)17(7-13(18)21-8(2)3)12-6-10(15)9(14)5-11(12)16/h5-6,8H,4,7H2,1-3H3. The summed E-state index contributed by atoms with van der Waals surface area (Å²) in [4.78, 5) is 11.8. The SMILES string of the molecule is CCS(=O)(=O)N(CC(=O)OC(C)C)c1cc(Cl)c(Cl)cc1Cl. The molecular weight excluding hydrogens is 373 g/mol. The average molecular weight is 389 g/mol. The van der Waals surface area contributed by atoms with Crippen LogP contribution in [0.1, 0.15) is 20.8 Å². The quantitative estimate of drug-likeness (QED) is 0.550. The van der Waals surface area contributed by atoms with Crippen LogP contribution in [0.25, 0.3) is 0 Å². The molecule has 0 aliphatic rings. The summed E-state index contributed by atoms with van der Waals surface area (Å²) in [6.45, 7) is 4.30.